The highest BCUT2D eigenvalue weighted by Gasteiger charge is 2.27. The zero-order valence-electron chi connectivity index (χ0n) is 17.6. The van der Waals surface area contributed by atoms with Gasteiger partial charge >= 0.3 is 0 Å². The number of thiophene rings is 1. The first-order valence-electron chi connectivity index (χ1n) is 11.3. The summed E-state index contributed by atoms with van der Waals surface area (Å²) in [5.74, 6) is 1.33. The molecule has 0 aromatic carbocycles. The first-order valence-corrected chi connectivity index (χ1v) is 12.2. The minimum absolute atomic E-state index is 0.0674. The van der Waals surface area contributed by atoms with E-state index >= 15 is 0 Å². The number of hydrogen-bond donors (Lipinski definition) is 1. The molecule has 0 spiro atoms. The fourth-order valence-corrected chi connectivity index (χ4v) is 5.75. The lowest BCUT2D eigenvalue weighted by atomic mass is 9.97. The minimum atomic E-state index is 0.0674. The Morgan fingerprint density at radius 3 is 3.07 bits per heavy atom. The van der Waals surface area contributed by atoms with Crippen LogP contribution in [-0.4, -0.2) is 54.6 Å². The number of pyridine rings is 1. The first-order chi connectivity index (χ1) is 14.3. The topological polar surface area (TPSA) is 48.5 Å². The number of nitrogens with one attached hydrogen (secondary N) is 1. The van der Waals surface area contributed by atoms with E-state index in [1.165, 1.54) is 42.3 Å². The number of anilines is 1. The van der Waals surface area contributed by atoms with Gasteiger partial charge < -0.3 is 15.1 Å². The maximum Gasteiger partial charge on any atom is 0.224 e. The molecule has 29 heavy (non-hydrogen) atoms. The number of aromatic nitrogens is 1. The summed E-state index contributed by atoms with van der Waals surface area (Å²) in [4.78, 5) is 22.4. The van der Waals surface area contributed by atoms with Crippen LogP contribution in [0.5, 0.6) is 0 Å². The molecule has 2 fully saturated rings. The first kappa shape index (κ1) is 20.6. The Hall–Kier alpha value is -1.66. The summed E-state index contributed by atoms with van der Waals surface area (Å²) in [5, 5.41) is 6.55. The molecule has 5 nitrogen and oxygen atoms in total. The molecule has 0 radical (unpaired) electrons. The van der Waals surface area contributed by atoms with Crippen molar-refractivity contribution in [1.82, 2.24) is 15.2 Å². The van der Waals surface area contributed by atoms with Crippen molar-refractivity contribution >= 4 is 33.1 Å². The molecular formula is C23H34N4OS. The maximum atomic E-state index is 12.8. The Labute approximate surface area is 178 Å². The second kappa shape index (κ2) is 9.90. The van der Waals surface area contributed by atoms with Crippen molar-refractivity contribution in [2.75, 3.05) is 37.6 Å². The highest BCUT2D eigenvalue weighted by Crippen LogP contribution is 2.31. The van der Waals surface area contributed by atoms with Crippen LogP contribution in [-0.2, 0) is 4.79 Å². The summed E-state index contributed by atoms with van der Waals surface area (Å²) in [6, 6.07) is 4.97. The van der Waals surface area contributed by atoms with Gasteiger partial charge in [-0.2, -0.15) is 0 Å². The molecule has 2 unspecified atom stereocenters. The van der Waals surface area contributed by atoms with E-state index in [4.69, 9.17) is 0 Å². The summed E-state index contributed by atoms with van der Waals surface area (Å²) < 4.78 is 1.27. The van der Waals surface area contributed by atoms with Crippen molar-refractivity contribution in [3.8, 4) is 0 Å². The molecule has 4 heterocycles. The second-order valence-electron chi connectivity index (χ2n) is 8.49. The second-order valence-corrected chi connectivity index (χ2v) is 9.44. The van der Waals surface area contributed by atoms with Gasteiger partial charge in [-0.15, -0.1) is 11.3 Å². The fourth-order valence-electron chi connectivity index (χ4n) is 4.97. The molecule has 1 amide bonds. The summed E-state index contributed by atoms with van der Waals surface area (Å²) >= 11 is 1.75. The molecule has 1 N–H and O–H groups in total. The number of fused-ring (bicyclic) bond motifs is 1. The van der Waals surface area contributed by atoms with Crippen molar-refractivity contribution in [2.24, 2.45) is 5.92 Å². The Balaban J connectivity index is 1.26. The van der Waals surface area contributed by atoms with Gasteiger partial charge in [0.15, 0.2) is 0 Å². The van der Waals surface area contributed by atoms with E-state index in [1.54, 1.807) is 11.3 Å². The van der Waals surface area contributed by atoms with Crippen molar-refractivity contribution in [1.29, 1.82) is 0 Å². The molecule has 2 aliphatic heterocycles. The third kappa shape index (κ3) is 4.92. The van der Waals surface area contributed by atoms with Crippen LogP contribution in [0, 0.1) is 5.92 Å². The summed E-state index contributed by atoms with van der Waals surface area (Å²) in [6.45, 7) is 7.19. The Bertz CT molecular complexity index is 807. The summed E-state index contributed by atoms with van der Waals surface area (Å²) in [5.41, 5.74) is 0. The number of piperidine rings is 2. The molecule has 6 heteroatoms. The zero-order valence-corrected chi connectivity index (χ0v) is 18.4. The Morgan fingerprint density at radius 2 is 2.17 bits per heavy atom. The quantitative estimate of drug-likeness (QED) is 0.687. The van der Waals surface area contributed by atoms with E-state index in [0.29, 0.717) is 0 Å². The van der Waals surface area contributed by atoms with Gasteiger partial charge in [0.05, 0.1) is 5.92 Å². The molecule has 2 aromatic rings. The zero-order chi connectivity index (χ0) is 20.1. The fraction of sp³-hybridized carbons (Fsp3) is 0.652. The van der Waals surface area contributed by atoms with E-state index in [2.05, 4.69) is 44.5 Å². The number of carbonyl (C=O) groups excluding carboxylic acids is 1. The standard InChI is InChI=1S/C23H34N4OS/c1-2-19-8-3-4-13-26(19)15-6-11-25-23(28)18-7-5-14-27(17-18)22-20-10-16-29-21(20)9-12-24-22/h9-10,12,16,18-19H,2-8,11,13-15,17H2,1H3,(H,25,28). The van der Waals surface area contributed by atoms with Crippen LogP contribution in [0.25, 0.3) is 10.1 Å². The SMILES string of the molecule is CCC1CCCCN1CCCNC(=O)C1CCCN(c2nccc3sccc23)C1. The highest BCUT2D eigenvalue weighted by atomic mass is 32.1. The number of likely N-dealkylation sites (tertiary alicyclic amines) is 1. The van der Waals surface area contributed by atoms with Crippen LogP contribution in [0.3, 0.4) is 0 Å². The lowest BCUT2D eigenvalue weighted by molar-refractivity contribution is -0.125. The minimum Gasteiger partial charge on any atom is -0.356 e. The largest absolute Gasteiger partial charge is 0.356 e. The van der Waals surface area contributed by atoms with E-state index in [-0.39, 0.29) is 11.8 Å². The molecule has 0 saturated carbocycles. The van der Waals surface area contributed by atoms with Crippen molar-refractivity contribution in [2.45, 2.75) is 57.9 Å². The normalized spacial score (nSPS) is 23.4. The molecule has 2 aromatic heterocycles. The van der Waals surface area contributed by atoms with Gasteiger partial charge in [-0.25, -0.2) is 4.98 Å². The molecule has 0 aliphatic carbocycles. The van der Waals surface area contributed by atoms with Crippen LogP contribution in [0.1, 0.15) is 51.9 Å². The lowest BCUT2D eigenvalue weighted by Crippen LogP contribution is -2.44. The number of amides is 1. The molecule has 0 bridgehead atoms. The number of nitrogens with zero attached hydrogens (tertiary/aromatic N) is 3. The molecule has 2 aliphatic rings. The van der Waals surface area contributed by atoms with Crippen LogP contribution in [0.4, 0.5) is 5.82 Å². The van der Waals surface area contributed by atoms with Crippen molar-refractivity contribution in [3.05, 3.63) is 23.7 Å². The van der Waals surface area contributed by atoms with Gasteiger partial charge in [0.1, 0.15) is 5.82 Å². The Kier molecular flexibility index (Phi) is 7.03. The van der Waals surface area contributed by atoms with E-state index in [9.17, 15) is 4.79 Å². The number of carbonyl (C=O) groups is 1. The average molecular weight is 415 g/mol. The molecule has 158 valence electrons. The van der Waals surface area contributed by atoms with Gasteiger partial charge in [0, 0.05) is 48.5 Å². The average Bonchev–Trinajstić information content (AvgIpc) is 3.26. The van der Waals surface area contributed by atoms with Crippen LogP contribution in [0.15, 0.2) is 23.7 Å². The van der Waals surface area contributed by atoms with Crippen LogP contribution < -0.4 is 10.2 Å². The maximum absolute atomic E-state index is 12.8. The van der Waals surface area contributed by atoms with E-state index in [0.717, 1.165) is 57.3 Å². The molecule has 2 atom stereocenters. The predicted molar refractivity (Wildman–Crippen MR) is 122 cm³/mol. The van der Waals surface area contributed by atoms with Gasteiger partial charge in [0.25, 0.3) is 0 Å². The van der Waals surface area contributed by atoms with Gasteiger partial charge in [-0.1, -0.05) is 13.3 Å². The number of rotatable bonds is 7. The van der Waals surface area contributed by atoms with Crippen LogP contribution >= 0.6 is 11.3 Å². The van der Waals surface area contributed by atoms with Gasteiger partial charge in [-0.3, -0.25) is 4.79 Å². The summed E-state index contributed by atoms with van der Waals surface area (Å²) in [7, 11) is 0. The Morgan fingerprint density at radius 1 is 1.24 bits per heavy atom. The third-order valence-corrected chi connectivity index (χ3v) is 7.47. The molecule has 2 saturated heterocycles. The van der Waals surface area contributed by atoms with Crippen LogP contribution in [0.2, 0.25) is 0 Å². The number of hydrogen-bond acceptors (Lipinski definition) is 5. The smallest absolute Gasteiger partial charge is 0.224 e. The molecular weight excluding hydrogens is 380 g/mol. The van der Waals surface area contributed by atoms with E-state index in [1.807, 2.05) is 6.20 Å². The van der Waals surface area contributed by atoms with Gasteiger partial charge in [0.2, 0.25) is 5.91 Å². The molecule has 4 rings (SSSR count). The predicted octanol–water partition coefficient (Wildman–Crippen LogP) is 4.28. The van der Waals surface area contributed by atoms with E-state index < -0.39 is 0 Å². The summed E-state index contributed by atoms with van der Waals surface area (Å²) in [6.07, 6.45) is 10.2. The third-order valence-electron chi connectivity index (χ3n) is 6.59. The monoisotopic (exact) mass is 414 g/mol. The lowest BCUT2D eigenvalue weighted by Gasteiger charge is -2.35. The van der Waals surface area contributed by atoms with Crippen molar-refractivity contribution in [3.63, 3.8) is 0 Å². The van der Waals surface area contributed by atoms with Crippen molar-refractivity contribution < 1.29 is 4.79 Å². The van der Waals surface area contributed by atoms with Gasteiger partial charge in [-0.05, 0) is 62.6 Å². The highest BCUT2D eigenvalue weighted by molar-refractivity contribution is 7.17.